The highest BCUT2D eigenvalue weighted by Gasteiger charge is 2.13. The van der Waals surface area contributed by atoms with Crippen molar-refractivity contribution in [1.82, 2.24) is 4.57 Å². The van der Waals surface area contributed by atoms with Gasteiger partial charge in [0.25, 0.3) is 0 Å². The molecule has 0 aliphatic heterocycles. The van der Waals surface area contributed by atoms with E-state index < -0.39 is 0 Å². The van der Waals surface area contributed by atoms with Crippen molar-refractivity contribution in [2.24, 2.45) is 0 Å². The van der Waals surface area contributed by atoms with Gasteiger partial charge in [-0.2, -0.15) is 0 Å². The van der Waals surface area contributed by atoms with Crippen LogP contribution in [0, 0.1) is 0 Å². The highest BCUT2D eigenvalue weighted by atomic mass is 79.9. The van der Waals surface area contributed by atoms with Crippen LogP contribution in [0.4, 0.5) is 0 Å². The Labute approximate surface area is 105 Å². The Morgan fingerprint density at radius 1 is 1.44 bits per heavy atom. The molecule has 0 radical (unpaired) electrons. The Kier molecular flexibility index (Phi) is 5.60. The second-order valence-electron chi connectivity index (χ2n) is 3.73. The Morgan fingerprint density at radius 3 is 2.81 bits per heavy atom. The summed E-state index contributed by atoms with van der Waals surface area (Å²) in [5.41, 5.74) is 0.629. The fourth-order valence-corrected chi connectivity index (χ4v) is 1.92. The van der Waals surface area contributed by atoms with Gasteiger partial charge >= 0.3 is 5.97 Å². The lowest BCUT2D eigenvalue weighted by atomic mass is 10.3. The van der Waals surface area contributed by atoms with Gasteiger partial charge in [-0.3, -0.25) is 0 Å². The molecule has 90 valence electrons. The molecule has 0 atom stereocenters. The van der Waals surface area contributed by atoms with Crippen LogP contribution in [0.25, 0.3) is 0 Å². The minimum atomic E-state index is -0.229. The molecule has 0 amide bonds. The van der Waals surface area contributed by atoms with E-state index in [0.29, 0.717) is 12.3 Å². The Hall–Kier alpha value is -0.770. The van der Waals surface area contributed by atoms with E-state index >= 15 is 0 Å². The lowest BCUT2D eigenvalue weighted by Crippen LogP contribution is -2.12. The third-order valence-corrected chi connectivity index (χ3v) is 2.70. The summed E-state index contributed by atoms with van der Waals surface area (Å²) < 4.78 is 8.04. The van der Waals surface area contributed by atoms with E-state index in [4.69, 9.17) is 4.74 Å². The van der Waals surface area contributed by atoms with Crippen LogP contribution in [0.5, 0.6) is 0 Å². The molecule has 0 N–H and O–H groups in total. The SMILES string of the molecule is CCCCOC(=O)c1cc(Br)cn1CCC. The first-order valence-electron chi connectivity index (χ1n) is 5.71. The van der Waals surface area contributed by atoms with Gasteiger partial charge in [0.2, 0.25) is 0 Å². The molecule has 0 fully saturated rings. The molecule has 0 spiro atoms. The van der Waals surface area contributed by atoms with Crippen LogP contribution in [-0.4, -0.2) is 17.1 Å². The predicted molar refractivity (Wildman–Crippen MR) is 67.6 cm³/mol. The van der Waals surface area contributed by atoms with Crippen molar-refractivity contribution in [3.05, 3.63) is 22.4 Å². The van der Waals surface area contributed by atoms with Gasteiger partial charge in [-0.05, 0) is 34.8 Å². The molecule has 0 saturated carbocycles. The molecule has 0 bridgehead atoms. The third-order valence-electron chi connectivity index (χ3n) is 2.27. The molecule has 4 heteroatoms. The van der Waals surface area contributed by atoms with E-state index in [1.807, 2.05) is 16.8 Å². The number of aryl methyl sites for hydroxylation is 1. The van der Waals surface area contributed by atoms with E-state index in [2.05, 4.69) is 29.8 Å². The summed E-state index contributed by atoms with van der Waals surface area (Å²) in [7, 11) is 0. The zero-order valence-electron chi connectivity index (χ0n) is 9.83. The van der Waals surface area contributed by atoms with Crippen molar-refractivity contribution >= 4 is 21.9 Å². The Morgan fingerprint density at radius 2 is 2.19 bits per heavy atom. The smallest absolute Gasteiger partial charge is 0.354 e. The van der Waals surface area contributed by atoms with E-state index in [0.717, 1.165) is 30.3 Å². The average Bonchev–Trinajstić information content (AvgIpc) is 2.60. The van der Waals surface area contributed by atoms with E-state index in [1.54, 1.807) is 0 Å². The number of esters is 1. The van der Waals surface area contributed by atoms with E-state index in [-0.39, 0.29) is 5.97 Å². The van der Waals surface area contributed by atoms with Gasteiger partial charge in [0, 0.05) is 17.2 Å². The number of halogens is 1. The van der Waals surface area contributed by atoms with Crippen molar-refractivity contribution < 1.29 is 9.53 Å². The van der Waals surface area contributed by atoms with Crippen LogP contribution in [0.1, 0.15) is 43.6 Å². The number of carbonyl (C=O) groups excluding carboxylic acids is 1. The molecule has 0 aromatic carbocycles. The summed E-state index contributed by atoms with van der Waals surface area (Å²) in [6.07, 6.45) is 4.87. The zero-order valence-corrected chi connectivity index (χ0v) is 11.4. The molecular weight excluding hydrogens is 270 g/mol. The highest BCUT2D eigenvalue weighted by molar-refractivity contribution is 9.10. The number of nitrogens with zero attached hydrogens (tertiary/aromatic N) is 1. The summed E-state index contributed by atoms with van der Waals surface area (Å²) in [5.74, 6) is -0.229. The third kappa shape index (κ3) is 3.67. The largest absolute Gasteiger partial charge is 0.461 e. The van der Waals surface area contributed by atoms with Gasteiger partial charge in [0.1, 0.15) is 5.69 Å². The molecule has 1 rings (SSSR count). The Balaban J connectivity index is 2.66. The molecule has 3 nitrogen and oxygen atoms in total. The van der Waals surface area contributed by atoms with E-state index in [9.17, 15) is 4.79 Å². The minimum Gasteiger partial charge on any atom is -0.461 e. The molecule has 16 heavy (non-hydrogen) atoms. The summed E-state index contributed by atoms with van der Waals surface area (Å²) in [5, 5.41) is 0. The van der Waals surface area contributed by atoms with Crippen LogP contribution < -0.4 is 0 Å². The highest BCUT2D eigenvalue weighted by Crippen LogP contribution is 2.16. The number of carbonyl (C=O) groups is 1. The van der Waals surface area contributed by atoms with Crippen molar-refractivity contribution in [2.45, 2.75) is 39.7 Å². The van der Waals surface area contributed by atoms with Crippen molar-refractivity contribution in [3.8, 4) is 0 Å². The number of aromatic nitrogens is 1. The molecule has 0 unspecified atom stereocenters. The van der Waals surface area contributed by atoms with Crippen LogP contribution in [0.3, 0.4) is 0 Å². The first kappa shape index (κ1) is 13.3. The maximum Gasteiger partial charge on any atom is 0.354 e. The topological polar surface area (TPSA) is 31.2 Å². The fraction of sp³-hybridized carbons (Fsp3) is 0.583. The molecule has 0 saturated heterocycles. The van der Waals surface area contributed by atoms with Gasteiger partial charge < -0.3 is 9.30 Å². The van der Waals surface area contributed by atoms with Gasteiger partial charge in [-0.1, -0.05) is 20.3 Å². The van der Waals surface area contributed by atoms with Crippen molar-refractivity contribution in [1.29, 1.82) is 0 Å². The zero-order chi connectivity index (χ0) is 12.0. The first-order valence-corrected chi connectivity index (χ1v) is 6.51. The first-order chi connectivity index (χ1) is 7.69. The van der Waals surface area contributed by atoms with Crippen LogP contribution in [-0.2, 0) is 11.3 Å². The lowest BCUT2D eigenvalue weighted by molar-refractivity contribution is 0.0487. The summed E-state index contributed by atoms with van der Waals surface area (Å²) in [6.45, 7) is 5.50. The summed E-state index contributed by atoms with van der Waals surface area (Å²) in [6, 6.07) is 1.81. The molecule has 0 aliphatic rings. The quantitative estimate of drug-likeness (QED) is 0.591. The minimum absolute atomic E-state index is 0.229. The van der Waals surface area contributed by atoms with Gasteiger partial charge in [0.15, 0.2) is 0 Å². The monoisotopic (exact) mass is 287 g/mol. The van der Waals surface area contributed by atoms with Gasteiger partial charge in [0.05, 0.1) is 6.61 Å². The fourth-order valence-electron chi connectivity index (χ4n) is 1.45. The van der Waals surface area contributed by atoms with Crippen LogP contribution in [0.2, 0.25) is 0 Å². The van der Waals surface area contributed by atoms with Crippen LogP contribution >= 0.6 is 15.9 Å². The standard InChI is InChI=1S/C12H18BrNO2/c1-3-5-7-16-12(15)11-8-10(13)9-14(11)6-4-2/h8-9H,3-7H2,1-2H3. The Bertz CT molecular complexity index is 347. The normalized spacial score (nSPS) is 10.4. The average molecular weight is 288 g/mol. The number of ether oxygens (including phenoxy) is 1. The number of hydrogen-bond donors (Lipinski definition) is 0. The number of rotatable bonds is 6. The van der Waals surface area contributed by atoms with Gasteiger partial charge in [-0.15, -0.1) is 0 Å². The van der Waals surface area contributed by atoms with Gasteiger partial charge in [-0.25, -0.2) is 4.79 Å². The van der Waals surface area contributed by atoms with Crippen molar-refractivity contribution in [2.75, 3.05) is 6.61 Å². The molecular formula is C12H18BrNO2. The maximum atomic E-state index is 11.8. The van der Waals surface area contributed by atoms with E-state index in [1.165, 1.54) is 0 Å². The van der Waals surface area contributed by atoms with Crippen LogP contribution in [0.15, 0.2) is 16.7 Å². The molecule has 1 heterocycles. The number of unbranched alkanes of at least 4 members (excludes halogenated alkanes) is 1. The molecule has 1 aromatic rings. The summed E-state index contributed by atoms with van der Waals surface area (Å²) >= 11 is 3.37. The summed E-state index contributed by atoms with van der Waals surface area (Å²) in [4.78, 5) is 11.8. The van der Waals surface area contributed by atoms with Crippen molar-refractivity contribution in [3.63, 3.8) is 0 Å². The second kappa shape index (κ2) is 6.74. The second-order valence-corrected chi connectivity index (χ2v) is 4.64. The molecule has 1 aromatic heterocycles. The molecule has 0 aliphatic carbocycles. The maximum absolute atomic E-state index is 11.8. The lowest BCUT2D eigenvalue weighted by Gasteiger charge is -2.07. The predicted octanol–water partition coefficient (Wildman–Crippen LogP) is 3.62. The number of hydrogen-bond acceptors (Lipinski definition) is 2.